The summed E-state index contributed by atoms with van der Waals surface area (Å²) in [5.74, 6) is 0.125. The average molecular weight is 254 g/mol. The molecule has 0 aliphatic heterocycles. The van der Waals surface area contributed by atoms with E-state index in [4.69, 9.17) is 10.5 Å². The highest BCUT2D eigenvalue weighted by atomic mass is 16.5. The van der Waals surface area contributed by atoms with Gasteiger partial charge in [0.1, 0.15) is 0 Å². The molecule has 0 radical (unpaired) electrons. The summed E-state index contributed by atoms with van der Waals surface area (Å²) in [5, 5.41) is 3.18. The number of rotatable bonds is 3. The van der Waals surface area contributed by atoms with Gasteiger partial charge in [0.25, 0.3) is 0 Å². The van der Waals surface area contributed by atoms with E-state index >= 15 is 0 Å². The molecule has 0 bridgehead atoms. The summed E-state index contributed by atoms with van der Waals surface area (Å²) in [4.78, 5) is 12.4. The summed E-state index contributed by atoms with van der Waals surface area (Å²) < 4.78 is 5.41. The molecular formula is C14H26N2O2. The molecule has 0 saturated heterocycles. The second kappa shape index (κ2) is 4.49. The SMILES string of the molecule is COC1CC(NC(=O)C2(C)CCCC2N)C1(C)C. The van der Waals surface area contributed by atoms with Gasteiger partial charge in [-0.25, -0.2) is 0 Å². The van der Waals surface area contributed by atoms with Gasteiger partial charge in [-0.2, -0.15) is 0 Å². The first kappa shape index (κ1) is 13.8. The van der Waals surface area contributed by atoms with Crippen LogP contribution in [0.25, 0.3) is 0 Å². The molecule has 4 heteroatoms. The van der Waals surface area contributed by atoms with Crippen LogP contribution in [-0.4, -0.2) is 31.2 Å². The molecule has 4 atom stereocenters. The molecule has 0 spiro atoms. The van der Waals surface area contributed by atoms with Crippen LogP contribution in [0.4, 0.5) is 0 Å². The summed E-state index contributed by atoms with van der Waals surface area (Å²) in [6.07, 6.45) is 4.06. The third kappa shape index (κ3) is 1.95. The predicted octanol–water partition coefficient (Wildman–Crippen LogP) is 1.43. The molecule has 1 amide bonds. The molecule has 104 valence electrons. The van der Waals surface area contributed by atoms with Gasteiger partial charge in [-0.15, -0.1) is 0 Å². The zero-order valence-electron chi connectivity index (χ0n) is 12.0. The van der Waals surface area contributed by atoms with Crippen molar-refractivity contribution in [1.29, 1.82) is 0 Å². The van der Waals surface area contributed by atoms with E-state index in [1.807, 2.05) is 6.92 Å². The second-order valence-electron chi connectivity index (χ2n) is 6.72. The number of nitrogens with two attached hydrogens (primary N) is 1. The van der Waals surface area contributed by atoms with Gasteiger partial charge in [0.05, 0.1) is 11.5 Å². The van der Waals surface area contributed by atoms with Crippen LogP contribution in [0, 0.1) is 10.8 Å². The minimum Gasteiger partial charge on any atom is -0.381 e. The monoisotopic (exact) mass is 254 g/mol. The number of carbonyl (C=O) groups is 1. The van der Waals surface area contributed by atoms with Crippen molar-refractivity contribution in [3.63, 3.8) is 0 Å². The number of carbonyl (C=O) groups excluding carboxylic acids is 1. The van der Waals surface area contributed by atoms with Gasteiger partial charge in [-0.1, -0.05) is 20.3 Å². The fourth-order valence-corrected chi connectivity index (χ4v) is 3.33. The third-order valence-corrected chi connectivity index (χ3v) is 5.32. The fraction of sp³-hybridized carbons (Fsp3) is 0.929. The molecule has 0 heterocycles. The summed E-state index contributed by atoms with van der Waals surface area (Å²) in [6, 6.07) is 0.207. The summed E-state index contributed by atoms with van der Waals surface area (Å²) >= 11 is 0. The minimum absolute atomic E-state index is 0.00101. The van der Waals surface area contributed by atoms with Crippen LogP contribution in [0.2, 0.25) is 0 Å². The van der Waals surface area contributed by atoms with Gasteiger partial charge in [-0.3, -0.25) is 4.79 Å². The van der Waals surface area contributed by atoms with Crippen molar-refractivity contribution in [2.24, 2.45) is 16.6 Å². The van der Waals surface area contributed by atoms with Crippen molar-refractivity contribution < 1.29 is 9.53 Å². The maximum Gasteiger partial charge on any atom is 0.227 e. The molecule has 2 rings (SSSR count). The van der Waals surface area contributed by atoms with Crippen LogP contribution in [0.1, 0.15) is 46.5 Å². The minimum atomic E-state index is -0.381. The summed E-state index contributed by atoms with van der Waals surface area (Å²) in [5.41, 5.74) is 5.72. The Morgan fingerprint density at radius 1 is 1.39 bits per heavy atom. The number of nitrogens with one attached hydrogen (secondary N) is 1. The molecule has 3 N–H and O–H groups in total. The Morgan fingerprint density at radius 3 is 2.50 bits per heavy atom. The van der Waals surface area contributed by atoms with E-state index in [1.165, 1.54) is 0 Å². The van der Waals surface area contributed by atoms with Crippen molar-refractivity contribution in [2.45, 2.75) is 64.6 Å². The Hall–Kier alpha value is -0.610. The van der Waals surface area contributed by atoms with E-state index < -0.39 is 0 Å². The Bertz CT molecular complexity index is 343. The first-order valence-electron chi connectivity index (χ1n) is 6.91. The van der Waals surface area contributed by atoms with Crippen LogP contribution >= 0.6 is 0 Å². The number of amides is 1. The third-order valence-electron chi connectivity index (χ3n) is 5.32. The van der Waals surface area contributed by atoms with E-state index in [2.05, 4.69) is 19.2 Å². The second-order valence-corrected chi connectivity index (χ2v) is 6.72. The highest BCUT2D eigenvalue weighted by Gasteiger charge is 2.51. The maximum atomic E-state index is 12.4. The lowest BCUT2D eigenvalue weighted by Crippen LogP contribution is -2.64. The molecule has 2 aliphatic rings. The molecular weight excluding hydrogens is 228 g/mol. The van der Waals surface area contributed by atoms with Gasteiger partial charge in [-0.05, 0) is 26.2 Å². The number of methoxy groups -OCH3 is 1. The Balaban J connectivity index is 1.97. The van der Waals surface area contributed by atoms with Gasteiger partial charge in [0.15, 0.2) is 0 Å². The number of hydrogen-bond donors (Lipinski definition) is 2. The quantitative estimate of drug-likeness (QED) is 0.801. The standard InChI is InChI=1S/C14H26N2O2/c1-13(2)10(8-11(13)18-4)16-12(17)14(3)7-5-6-9(14)15/h9-11H,5-8,15H2,1-4H3,(H,16,17). The predicted molar refractivity (Wildman–Crippen MR) is 71.1 cm³/mol. The van der Waals surface area contributed by atoms with Gasteiger partial charge >= 0.3 is 0 Å². The molecule has 4 unspecified atom stereocenters. The molecule has 0 aromatic carbocycles. The molecule has 4 nitrogen and oxygen atoms in total. The zero-order valence-corrected chi connectivity index (χ0v) is 12.0. The lowest BCUT2D eigenvalue weighted by atomic mass is 9.64. The van der Waals surface area contributed by atoms with E-state index in [1.54, 1.807) is 7.11 Å². The normalized spacial score (nSPS) is 42.4. The Kier molecular flexibility index (Phi) is 3.45. The van der Waals surface area contributed by atoms with E-state index in [0.29, 0.717) is 0 Å². The van der Waals surface area contributed by atoms with Crippen LogP contribution in [0.3, 0.4) is 0 Å². The highest BCUT2D eigenvalue weighted by Crippen LogP contribution is 2.44. The Labute approximate surface area is 110 Å². The molecule has 18 heavy (non-hydrogen) atoms. The zero-order chi connectivity index (χ0) is 13.6. The molecule has 0 aromatic rings. The van der Waals surface area contributed by atoms with Crippen molar-refractivity contribution >= 4 is 5.91 Å². The topological polar surface area (TPSA) is 64.3 Å². The highest BCUT2D eigenvalue weighted by molar-refractivity contribution is 5.84. The lowest BCUT2D eigenvalue weighted by Gasteiger charge is -2.52. The van der Waals surface area contributed by atoms with Crippen LogP contribution in [0.15, 0.2) is 0 Å². The van der Waals surface area contributed by atoms with Crippen LogP contribution in [0.5, 0.6) is 0 Å². The number of ether oxygens (including phenoxy) is 1. The van der Waals surface area contributed by atoms with Crippen molar-refractivity contribution in [2.75, 3.05) is 7.11 Å². The van der Waals surface area contributed by atoms with Gasteiger partial charge in [0, 0.05) is 24.6 Å². The van der Waals surface area contributed by atoms with Crippen LogP contribution < -0.4 is 11.1 Å². The molecule has 2 fully saturated rings. The van der Waals surface area contributed by atoms with Crippen molar-refractivity contribution in [3.8, 4) is 0 Å². The fourth-order valence-electron chi connectivity index (χ4n) is 3.33. The maximum absolute atomic E-state index is 12.4. The van der Waals surface area contributed by atoms with Crippen LogP contribution in [-0.2, 0) is 9.53 Å². The van der Waals surface area contributed by atoms with E-state index in [-0.39, 0.29) is 34.9 Å². The average Bonchev–Trinajstić information content (AvgIpc) is 2.65. The largest absolute Gasteiger partial charge is 0.381 e. The van der Waals surface area contributed by atoms with Crippen molar-refractivity contribution in [1.82, 2.24) is 5.32 Å². The summed E-state index contributed by atoms with van der Waals surface area (Å²) in [6.45, 7) is 6.29. The first-order valence-corrected chi connectivity index (χ1v) is 6.91. The molecule has 0 aromatic heterocycles. The molecule has 2 aliphatic carbocycles. The summed E-state index contributed by atoms with van der Waals surface area (Å²) in [7, 11) is 1.73. The Morgan fingerprint density at radius 2 is 2.06 bits per heavy atom. The van der Waals surface area contributed by atoms with Gasteiger partial charge < -0.3 is 15.8 Å². The number of hydrogen-bond acceptors (Lipinski definition) is 3. The lowest BCUT2D eigenvalue weighted by molar-refractivity contribution is -0.141. The van der Waals surface area contributed by atoms with Gasteiger partial charge in [0.2, 0.25) is 5.91 Å². The van der Waals surface area contributed by atoms with E-state index in [0.717, 1.165) is 25.7 Å². The van der Waals surface area contributed by atoms with Crippen molar-refractivity contribution in [3.05, 3.63) is 0 Å². The first-order chi connectivity index (χ1) is 8.32. The smallest absolute Gasteiger partial charge is 0.227 e. The van der Waals surface area contributed by atoms with E-state index in [9.17, 15) is 4.79 Å². The molecule has 2 saturated carbocycles.